The van der Waals surface area contributed by atoms with Gasteiger partial charge >= 0.3 is 0 Å². The monoisotopic (exact) mass is 297 g/mol. The van der Waals surface area contributed by atoms with E-state index in [9.17, 15) is 4.79 Å². The molecule has 1 atom stereocenters. The summed E-state index contributed by atoms with van der Waals surface area (Å²) >= 11 is 0. The van der Waals surface area contributed by atoms with Crippen LogP contribution in [0, 0.1) is 5.92 Å². The van der Waals surface area contributed by atoms with Crippen molar-refractivity contribution in [3.63, 3.8) is 0 Å². The van der Waals surface area contributed by atoms with Crippen molar-refractivity contribution in [2.24, 2.45) is 5.92 Å². The van der Waals surface area contributed by atoms with Crippen LogP contribution in [0.15, 0.2) is 54.6 Å². The summed E-state index contributed by atoms with van der Waals surface area (Å²) in [4.78, 5) is 12.6. The Morgan fingerprint density at radius 3 is 2.32 bits per heavy atom. The maximum absolute atomic E-state index is 12.6. The number of amides is 1. The standard InChI is InChI=1S/C19H23NO2/c1-14(2)13-17(15-9-5-4-6-10-15)20-19(21)16-11-7-8-12-18(16)22-3/h4-12,14,17H,13H2,1-3H3,(H,20,21)/t17-/m1/s1. The van der Waals surface area contributed by atoms with Crippen LogP contribution in [0.3, 0.4) is 0 Å². The lowest BCUT2D eigenvalue weighted by molar-refractivity contribution is 0.0929. The molecule has 1 N–H and O–H groups in total. The molecule has 116 valence electrons. The molecule has 0 bridgehead atoms. The minimum Gasteiger partial charge on any atom is -0.496 e. The Morgan fingerprint density at radius 2 is 1.68 bits per heavy atom. The second-order valence-electron chi connectivity index (χ2n) is 5.77. The topological polar surface area (TPSA) is 38.3 Å². The molecule has 2 aromatic rings. The van der Waals surface area contributed by atoms with E-state index in [1.807, 2.05) is 30.3 Å². The van der Waals surface area contributed by atoms with Crippen molar-refractivity contribution >= 4 is 5.91 Å². The molecular weight excluding hydrogens is 274 g/mol. The number of nitrogens with one attached hydrogen (secondary N) is 1. The molecule has 0 saturated carbocycles. The summed E-state index contributed by atoms with van der Waals surface area (Å²) in [5.41, 5.74) is 1.69. The van der Waals surface area contributed by atoms with E-state index < -0.39 is 0 Å². The van der Waals surface area contributed by atoms with Crippen molar-refractivity contribution < 1.29 is 9.53 Å². The van der Waals surface area contributed by atoms with Crippen molar-refractivity contribution in [3.05, 3.63) is 65.7 Å². The van der Waals surface area contributed by atoms with Gasteiger partial charge in [-0.3, -0.25) is 4.79 Å². The van der Waals surface area contributed by atoms with Gasteiger partial charge in [-0.15, -0.1) is 0 Å². The van der Waals surface area contributed by atoms with E-state index in [0.717, 1.165) is 12.0 Å². The van der Waals surface area contributed by atoms with Crippen molar-refractivity contribution in [2.45, 2.75) is 26.3 Å². The summed E-state index contributed by atoms with van der Waals surface area (Å²) in [6.45, 7) is 4.32. The van der Waals surface area contributed by atoms with E-state index in [1.54, 1.807) is 19.2 Å². The van der Waals surface area contributed by atoms with Gasteiger partial charge in [0.1, 0.15) is 5.75 Å². The summed E-state index contributed by atoms with van der Waals surface area (Å²) in [5.74, 6) is 0.978. The van der Waals surface area contributed by atoms with Crippen molar-refractivity contribution in [1.82, 2.24) is 5.32 Å². The first-order chi connectivity index (χ1) is 10.6. The molecule has 22 heavy (non-hydrogen) atoms. The maximum atomic E-state index is 12.6. The predicted molar refractivity (Wildman–Crippen MR) is 89.1 cm³/mol. The number of ether oxygens (including phenoxy) is 1. The van der Waals surface area contributed by atoms with E-state index >= 15 is 0 Å². The first kappa shape index (κ1) is 16.1. The molecule has 0 fully saturated rings. The number of carbonyl (C=O) groups excluding carboxylic acids is 1. The van der Waals surface area contributed by atoms with Crippen molar-refractivity contribution in [1.29, 1.82) is 0 Å². The molecule has 0 aliphatic rings. The zero-order valence-electron chi connectivity index (χ0n) is 13.4. The van der Waals surface area contributed by atoms with Gasteiger partial charge < -0.3 is 10.1 Å². The van der Waals surface area contributed by atoms with Crippen LogP contribution < -0.4 is 10.1 Å². The summed E-state index contributed by atoms with van der Waals surface area (Å²) in [5, 5.41) is 3.14. The number of rotatable bonds is 6. The zero-order valence-corrected chi connectivity index (χ0v) is 13.4. The van der Waals surface area contributed by atoms with E-state index in [4.69, 9.17) is 4.74 Å². The number of hydrogen-bond acceptors (Lipinski definition) is 2. The summed E-state index contributed by atoms with van der Waals surface area (Å²) in [7, 11) is 1.58. The first-order valence-electron chi connectivity index (χ1n) is 7.60. The number of carbonyl (C=O) groups is 1. The lowest BCUT2D eigenvalue weighted by atomic mass is 9.96. The Labute approximate surface area is 132 Å². The summed E-state index contributed by atoms with van der Waals surface area (Å²) < 4.78 is 5.27. The average molecular weight is 297 g/mol. The van der Waals surface area contributed by atoms with Crippen LogP contribution in [0.25, 0.3) is 0 Å². The summed E-state index contributed by atoms with van der Waals surface area (Å²) in [6.07, 6.45) is 0.894. The molecular formula is C19H23NO2. The van der Waals surface area contributed by atoms with Gasteiger partial charge in [0.2, 0.25) is 0 Å². The number of hydrogen-bond donors (Lipinski definition) is 1. The fraction of sp³-hybridized carbons (Fsp3) is 0.316. The smallest absolute Gasteiger partial charge is 0.255 e. The Hall–Kier alpha value is -2.29. The molecule has 0 spiro atoms. The van der Waals surface area contributed by atoms with Gasteiger partial charge in [0.25, 0.3) is 5.91 Å². The largest absolute Gasteiger partial charge is 0.496 e. The minimum atomic E-state index is -0.105. The highest BCUT2D eigenvalue weighted by Gasteiger charge is 2.19. The molecule has 0 aliphatic carbocycles. The van der Waals surface area contributed by atoms with E-state index in [0.29, 0.717) is 17.2 Å². The molecule has 0 radical (unpaired) electrons. The van der Waals surface area contributed by atoms with Gasteiger partial charge in [0, 0.05) is 0 Å². The summed E-state index contributed by atoms with van der Waals surface area (Å²) in [6, 6.07) is 17.4. The molecule has 2 rings (SSSR count). The molecule has 0 heterocycles. The third-order valence-corrected chi connectivity index (χ3v) is 3.57. The Bertz CT molecular complexity index is 608. The third kappa shape index (κ3) is 4.10. The van der Waals surface area contributed by atoms with E-state index in [-0.39, 0.29) is 11.9 Å². The van der Waals surface area contributed by atoms with Gasteiger partial charge in [-0.1, -0.05) is 56.3 Å². The van der Waals surface area contributed by atoms with Gasteiger partial charge in [0.05, 0.1) is 18.7 Å². The molecule has 1 amide bonds. The Kier molecular flexibility index (Phi) is 5.59. The quantitative estimate of drug-likeness (QED) is 0.867. The average Bonchev–Trinajstić information content (AvgIpc) is 2.54. The molecule has 3 heteroatoms. The third-order valence-electron chi connectivity index (χ3n) is 3.57. The van der Waals surface area contributed by atoms with Crippen LogP contribution in [0.5, 0.6) is 5.75 Å². The van der Waals surface area contributed by atoms with E-state index in [2.05, 4.69) is 31.3 Å². The number of para-hydroxylation sites is 1. The highest BCUT2D eigenvalue weighted by atomic mass is 16.5. The highest BCUT2D eigenvalue weighted by molar-refractivity contribution is 5.97. The zero-order chi connectivity index (χ0) is 15.9. The van der Waals surface area contributed by atoms with Gasteiger partial charge in [-0.2, -0.15) is 0 Å². The maximum Gasteiger partial charge on any atom is 0.255 e. The molecule has 0 aromatic heterocycles. The normalized spacial score (nSPS) is 12.0. The van der Waals surface area contributed by atoms with Crippen LogP contribution in [-0.4, -0.2) is 13.0 Å². The lowest BCUT2D eigenvalue weighted by Gasteiger charge is -2.21. The van der Waals surface area contributed by atoms with Gasteiger partial charge in [0.15, 0.2) is 0 Å². The Morgan fingerprint density at radius 1 is 1.05 bits per heavy atom. The van der Waals surface area contributed by atoms with E-state index in [1.165, 1.54) is 0 Å². The van der Waals surface area contributed by atoms with Gasteiger partial charge in [-0.25, -0.2) is 0 Å². The highest BCUT2D eigenvalue weighted by Crippen LogP contribution is 2.23. The SMILES string of the molecule is COc1ccccc1C(=O)N[C@H](CC(C)C)c1ccccc1. The minimum absolute atomic E-state index is 0.00128. The molecule has 3 nitrogen and oxygen atoms in total. The number of benzene rings is 2. The fourth-order valence-electron chi connectivity index (χ4n) is 2.50. The van der Waals surface area contributed by atoms with Crippen LogP contribution in [-0.2, 0) is 0 Å². The fourth-order valence-corrected chi connectivity index (χ4v) is 2.50. The number of methoxy groups -OCH3 is 1. The second kappa shape index (κ2) is 7.64. The second-order valence-corrected chi connectivity index (χ2v) is 5.77. The predicted octanol–water partition coefficient (Wildman–Crippen LogP) is 4.21. The van der Waals surface area contributed by atoms with Crippen molar-refractivity contribution in [2.75, 3.05) is 7.11 Å². The molecule has 0 saturated heterocycles. The van der Waals surface area contributed by atoms with Crippen molar-refractivity contribution in [3.8, 4) is 5.75 Å². The Balaban J connectivity index is 2.21. The first-order valence-corrected chi connectivity index (χ1v) is 7.60. The van der Waals surface area contributed by atoms with Crippen LogP contribution in [0.4, 0.5) is 0 Å². The van der Waals surface area contributed by atoms with Crippen LogP contribution in [0.2, 0.25) is 0 Å². The van der Waals surface area contributed by atoms with Crippen LogP contribution in [0.1, 0.15) is 42.2 Å². The molecule has 0 unspecified atom stereocenters. The molecule has 0 aliphatic heterocycles. The molecule has 2 aromatic carbocycles. The lowest BCUT2D eigenvalue weighted by Crippen LogP contribution is -2.29. The van der Waals surface area contributed by atoms with Crippen LogP contribution >= 0.6 is 0 Å². The van der Waals surface area contributed by atoms with Gasteiger partial charge in [-0.05, 0) is 30.0 Å².